The predicted octanol–water partition coefficient (Wildman–Crippen LogP) is 5.24. The van der Waals surface area contributed by atoms with Crippen molar-refractivity contribution in [3.8, 4) is 11.1 Å². The van der Waals surface area contributed by atoms with Gasteiger partial charge in [-0.25, -0.2) is 4.79 Å². The van der Waals surface area contributed by atoms with Crippen molar-refractivity contribution in [3.63, 3.8) is 0 Å². The molecule has 2 heterocycles. The van der Waals surface area contributed by atoms with Gasteiger partial charge in [0, 0.05) is 31.6 Å². The van der Waals surface area contributed by atoms with Gasteiger partial charge in [-0.2, -0.15) is 0 Å². The number of anilines is 1. The SMILES string of the molecule is CC(=O)Nc1cc(-c2ccc(C3=CCN(C(=O)OC(C)(C)C)CC3)cc2)c(C)o1. The van der Waals surface area contributed by atoms with Crippen LogP contribution in [0.2, 0.25) is 0 Å². The number of furan rings is 1. The van der Waals surface area contributed by atoms with E-state index in [0.717, 1.165) is 28.9 Å². The van der Waals surface area contributed by atoms with Crippen LogP contribution in [0.25, 0.3) is 16.7 Å². The molecule has 1 N–H and O–H groups in total. The van der Waals surface area contributed by atoms with Gasteiger partial charge in [0.05, 0.1) is 0 Å². The van der Waals surface area contributed by atoms with Crippen LogP contribution in [0.3, 0.4) is 0 Å². The fourth-order valence-electron chi connectivity index (χ4n) is 3.29. The number of carbonyl (C=O) groups excluding carboxylic acids is 2. The molecule has 1 aliphatic rings. The summed E-state index contributed by atoms with van der Waals surface area (Å²) in [7, 11) is 0. The summed E-state index contributed by atoms with van der Waals surface area (Å²) in [4.78, 5) is 25.1. The first kappa shape index (κ1) is 20.7. The molecule has 3 rings (SSSR count). The second-order valence-electron chi connectivity index (χ2n) is 8.24. The quantitative estimate of drug-likeness (QED) is 0.770. The summed E-state index contributed by atoms with van der Waals surface area (Å²) in [5.74, 6) is 1.04. The Labute approximate surface area is 171 Å². The van der Waals surface area contributed by atoms with Crippen molar-refractivity contribution in [1.82, 2.24) is 4.90 Å². The van der Waals surface area contributed by atoms with Crippen molar-refractivity contribution in [3.05, 3.63) is 47.7 Å². The molecule has 0 aliphatic carbocycles. The molecule has 0 unspecified atom stereocenters. The van der Waals surface area contributed by atoms with Gasteiger partial charge in [0.25, 0.3) is 0 Å². The summed E-state index contributed by atoms with van der Waals surface area (Å²) < 4.78 is 11.0. The van der Waals surface area contributed by atoms with Crippen LogP contribution in [0.15, 0.2) is 40.8 Å². The molecule has 1 aromatic heterocycles. The molecule has 1 aromatic carbocycles. The van der Waals surface area contributed by atoms with Crippen molar-refractivity contribution >= 4 is 23.5 Å². The topological polar surface area (TPSA) is 71.8 Å². The second-order valence-corrected chi connectivity index (χ2v) is 8.24. The number of hydrogen-bond acceptors (Lipinski definition) is 4. The van der Waals surface area contributed by atoms with E-state index in [1.54, 1.807) is 4.90 Å². The van der Waals surface area contributed by atoms with Crippen molar-refractivity contribution in [2.75, 3.05) is 18.4 Å². The first-order valence-electron chi connectivity index (χ1n) is 9.78. The molecule has 29 heavy (non-hydrogen) atoms. The minimum atomic E-state index is -0.484. The summed E-state index contributed by atoms with van der Waals surface area (Å²) in [5.41, 5.74) is 3.86. The van der Waals surface area contributed by atoms with Crippen LogP contribution in [-0.4, -0.2) is 35.6 Å². The Hall–Kier alpha value is -3.02. The third kappa shape index (κ3) is 5.28. The Morgan fingerprint density at radius 1 is 1.14 bits per heavy atom. The zero-order valence-corrected chi connectivity index (χ0v) is 17.7. The van der Waals surface area contributed by atoms with Crippen LogP contribution in [0.1, 0.15) is 45.4 Å². The van der Waals surface area contributed by atoms with Crippen molar-refractivity contribution in [2.45, 2.75) is 46.6 Å². The van der Waals surface area contributed by atoms with Crippen LogP contribution < -0.4 is 5.32 Å². The van der Waals surface area contributed by atoms with E-state index in [2.05, 4.69) is 23.5 Å². The number of hydrogen-bond donors (Lipinski definition) is 1. The zero-order chi connectivity index (χ0) is 21.2. The molecule has 6 nitrogen and oxygen atoms in total. The van der Waals surface area contributed by atoms with Gasteiger partial charge in [-0.1, -0.05) is 30.3 Å². The van der Waals surface area contributed by atoms with Gasteiger partial charge in [-0.3, -0.25) is 10.1 Å². The summed E-state index contributed by atoms with van der Waals surface area (Å²) in [6.07, 6.45) is 2.60. The fourth-order valence-corrected chi connectivity index (χ4v) is 3.29. The van der Waals surface area contributed by atoms with E-state index in [1.807, 2.05) is 45.9 Å². The average Bonchev–Trinajstić information content (AvgIpc) is 3.00. The van der Waals surface area contributed by atoms with Crippen LogP contribution in [-0.2, 0) is 9.53 Å². The van der Waals surface area contributed by atoms with E-state index in [4.69, 9.17) is 9.15 Å². The normalized spacial score (nSPS) is 14.4. The molecule has 0 fully saturated rings. The lowest BCUT2D eigenvalue weighted by atomic mass is 9.97. The number of benzene rings is 1. The molecule has 2 aromatic rings. The predicted molar refractivity (Wildman–Crippen MR) is 114 cm³/mol. The maximum absolute atomic E-state index is 12.2. The maximum Gasteiger partial charge on any atom is 0.410 e. The molecular weight excluding hydrogens is 368 g/mol. The monoisotopic (exact) mass is 396 g/mol. The number of nitrogens with zero attached hydrogens (tertiary/aromatic N) is 1. The highest BCUT2D eigenvalue weighted by atomic mass is 16.6. The first-order valence-corrected chi connectivity index (χ1v) is 9.78. The Bertz CT molecular complexity index is 933. The summed E-state index contributed by atoms with van der Waals surface area (Å²) in [5, 5.41) is 2.67. The van der Waals surface area contributed by atoms with Crippen LogP contribution in [0, 0.1) is 6.92 Å². The number of ether oxygens (including phenoxy) is 1. The average molecular weight is 396 g/mol. The lowest BCUT2D eigenvalue weighted by Gasteiger charge is -2.29. The minimum absolute atomic E-state index is 0.162. The van der Waals surface area contributed by atoms with E-state index in [-0.39, 0.29) is 12.0 Å². The molecule has 1 aliphatic heterocycles. The van der Waals surface area contributed by atoms with Gasteiger partial charge in [0.1, 0.15) is 11.4 Å². The lowest BCUT2D eigenvalue weighted by molar-refractivity contribution is -0.114. The van der Waals surface area contributed by atoms with Gasteiger partial charge in [0.15, 0.2) is 5.88 Å². The van der Waals surface area contributed by atoms with Gasteiger partial charge < -0.3 is 14.1 Å². The van der Waals surface area contributed by atoms with Crippen molar-refractivity contribution < 1.29 is 18.7 Å². The van der Waals surface area contributed by atoms with Crippen LogP contribution in [0.5, 0.6) is 0 Å². The standard InChI is InChI=1S/C23H28N2O4/c1-15-20(14-21(28-15)24-16(2)26)19-8-6-17(7-9-19)18-10-12-25(13-11-18)22(27)29-23(3,4)5/h6-10,14H,11-13H2,1-5H3,(H,24,26). The third-order valence-electron chi connectivity index (χ3n) is 4.64. The molecule has 0 saturated carbocycles. The van der Waals surface area contributed by atoms with Crippen molar-refractivity contribution in [1.29, 1.82) is 0 Å². The summed E-state index contributed by atoms with van der Waals surface area (Å²) in [6.45, 7) is 10.1. The van der Waals surface area contributed by atoms with Gasteiger partial charge in [-0.05, 0) is 50.8 Å². The smallest absolute Gasteiger partial charge is 0.410 e. The molecular formula is C23H28N2O4. The summed E-state index contributed by atoms with van der Waals surface area (Å²) in [6, 6.07) is 10.1. The lowest BCUT2D eigenvalue weighted by Crippen LogP contribution is -2.39. The first-order chi connectivity index (χ1) is 13.6. The van der Waals surface area contributed by atoms with E-state index < -0.39 is 5.60 Å². The molecule has 2 amide bonds. The number of amides is 2. The minimum Gasteiger partial charge on any atom is -0.445 e. The zero-order valence-electron chi connectivity index (χ0n) is 17.7. The fraction of sp³-hybridized carbons (Fsp3) is 0.391. The molecule has 154 valence electrons. The molecule has 0 saturated heterocycles. The molecule has 0 bridgehead atoms. The number of aryl methyl sites for hydroxylation is 1. The molecule has 0 radical (unpaired) electrons. The number of rotatable bonds is 3. The van der Waals surface area contributed by atoms with Gasteiger partial charge in [-0.15, -0.1) is 0 Å². The molecule has 6 heteroatoms. The van der Waals surface area contributed by atoms with E-state index in [1.165, 1.54) is 12.5 Å². The van der Waals surface area contributed by atoms with Crippen molar-refractivity contribution in [2.24, 2.45) is 0 Å². The number of carbonyl (C=O) groups is 2. The van der Waals surface area contributed by atoms with Crippen LogP contribution in [0.4, 0.5) is 10.7 Å². The summed E-state index contributed by atoms with van der Waals surface area (Å²) >= 11 is 0. The Balaban J connectivity index is 1.69. The highest BCUT2D eigenvalue weighted by molar-refractivity contribution is 5.88. The van der Waals surface area contributed by atoms with Gasteiger partial charge >= 0.3 is 6.09 Å². The third-order valence-corrected chi connectivity index (χ3v) is 4.64. The van der Waals surface area contributed by atoms with Gasteiger partial charge in [0.2, 0.25) is 5.91 Å². The number of nitrogens with one attached hydrogen (secondary N) is 1. The molecule has 0 atom stereocenters. The Morgan fingerprint density at radius 2 is 1.79 bits per heavy atom. The van der Waals surface area contributed by atoms with E-state index in [0.29, 0.717) is 19.0 Å². The van der Waals surface area contributed by atoms with Crippen LogP contribution >= 0.6 is 0 Å². The Kier molecular flexibility index (Phi) is 5.82. The highest BCUT2D eigenvalue weighted by Gasteiger charge is 2.23. The second kappa shape index (κ2) is 8.15. The Morgan fingerprint density at radius 3 is 2.34 bits per heavy atom. The maximum atomic E-state index is 12.2. The van der Waals surface area contributed by atoms with E-state index >= 15 is 0 Å². The highest BCUT2D eigenvalue weighted by Crippen LogP contribution is 2.31. The largest absolute Gasteiger partial charge is 0.445 e. The molecule has 0 spiro atoms. The van der Waals surface area contributed by atoms with E-state index in [9.17, 15) is 9.59 Å².